The Kier molecular flexibility index (Phi) is 7.30. The van der Waals surface area contributed by atoms with Crippen LogP contribution < -0.4 is 0 Å². The summed E-state index contributed by atoms with van der Waals surface area (Å²) in [4.78, 5) is 1.29. The average Bonchev–Trinajstić information content (AvgIpc) is 2.48. The Morgan fingerprint density at radius 1 is 1.00 bits per heavy atom. The zero-order valence-electron chi connectivity index (χ0n) is 14.4. The molecule has 0 aromatic heterocycles. The Labute approximate surface area is 137 Å². The van der Waals surface area contributed by atoms with Gasteiger partial charge in [-0.3, -0.25) is 0 Å². The standard InChI is InChI=1S/C17H30OSSi2/c1-7-21(8-2,9-3)18-17(20(4,5)6)15-19-16-13-11-10-12-14-16/h10-15H,7-9H2,1-6H3/b17-15-. The van der Waals surface area contributed by atoms with Crippen molar-refractivity contribution in [1.29, 1.82) is 0 Å². The number of thioether (sulfide) groups is 1. The van der Waals surface area contributed by atoms with Gasteiger partial charge in [-0.05, 0) is 30.3 Å². The normalized spacial score (nSPS) is 13.3. The van der Waals surface area contributed by atoms with Gasteiger partial charge in [0.1, 0.15) is 8.07 Å². The van der Waals surface area contributed by atoms with Gasteiger partial charge in [0.25, 0.3) is 0 Å². The van der Waals surface area contributed by atoms with Crippen LogP contribution in [-0.4, -0.2) is 16.4 Å². The minimum Gasteiger partial charge on any atom is -0.550 e. The summed E-state index contributed by atoms with van der Waals surface area (Å²) in [6.07, 6.45) is 0. The van der Waals surface area contributed by atoms with Gasteiger partial charge in [0, 0.05) is 10.3 Å². The maximum Gasteiger partial charge on any atom is 0.249 e. The predicted octanol–water partition coefficient (Wildman–Crippen LogP) is 6.52. The maximum atomic E-state index is 6.71. The van der Waals surface area contributed by atoms with Crippen molar-refractivity contribution in [2.75, 3.05) is 0 Å². The molecule has 0 aliphatic carbocycles. The van der Waals surface area contributed by atoms with Crippen LogP contribution >= 0.6 is 11.8 Å². The fourth-order valence-corrected chi connectivity index (χ4v) is 8.79. The summed E-state index contributed by atoms with van der Waals surface area (Å²) in [5.74, 6) is 0. The average molecular weight is 339 g/mol. The molecule has 0 saturated heterocycles. The van der Waals surface area contributed by atoms with Crippen molar-refractivity contribution >= 4 is 28.2 Å². The lowest BCUT2D eigenvalue weighted by atomic mass is 10.4. The molecule has 0 aliphatic heterocycles. The molecule has 0 aliphatic rings. The van der Waals surface area contributed by atoms with E-state index in [1.165, 1.54) is 28.4 Å². The third-order valence-electron chi connectivity index (χ3n) is 4.04. The molecular formula is C17H30OSSi2. The summed E-state index contributed by atoms with van der Waals surface area (Å²) in [6.45, 7) is 14.0. The van der Waals surface area contributed by atoms with Crippen molar-refractivity contribution in [3.8, 4) is 0 Å². The van der Waals surface area contributed by atoms with Crippen LogP contribution in [0.4, 0.5) is 0 Å². The van der Waals surface area contributed by atoms with Crippen LogP contribution in [0.5, 0.6) is 0 Å². The zero-order valence-corrected chi connectivity index (χ0v) is 17.2. The van der Waals surface area contributed by atoms with Crippen molar-refractivity contribution < 1.29 is 4.43 Å². The highest BCUT2D eigenvalue weighted by atomic mass is 32.2. The molecule has 0 spiro atoms. The van der Waals surface area contributed by atoms with E-state index in [1.807, 2.05) is 0 Å². The molecule has 0 heterocycles. The highest BCUT2D eigenvalue weighted by molar-refractivity contribution is 8.02. The fraction of sp³-hybridized carbons (Fsp3) is 0.529. The van der Waals surface area contributed by atoms with E-state index in [0.29, 0.717) is 0 Å². The molecule has 0 N–H and O–H groups in total. The van der Waals surface area contributed by atoms with Gasteiger partial charge in [0.2, 0.25) is 8.32 Å². The molecule has 1 nitrogen and oxygen atoms in total. The molecule has 0 bridgehead atoms. The second kappa shape index (κ2) is 8.25. The molecule has 0 radical (unpaired) electrons. The third kappa shape index (κ3) is 5.68. The summed E-state index contributed by atoms with van der Waals surface area (Å²) in [6, 6.07) is 14.2. The van der Waals surface area contributed by atoms with Crippen LogP contribution in [0.15, 0.2) is 46.0 Å². The van der Waals surface area contributed by atoms with Crippen molar-refractivity contribution in [2.45, 2.75) is 63.4 Å². The number of rotatable bonds is 8. The van der Waals surface area contributed by atoms with Crippen LogP contribution in [0.2, 0.25) is 37.8 Å². The molecule has 1 aromatic rings. The van der Waals surface area contributed by atoms with Crippen LogP contribution in [-0.2, 0) is 4.43 Å². The van der Waals surface area contributed by atoms with Gasteiger partial charge in [-0.1, -0.05) is 70.4 Å². The summed E-state index contributed by atoms with van der Waals surface area (Å²) in [7, 11) is -3.02. The summed E-state index contributed by atoms with van der Waals surface area (Å²) in [5.41, 5.74) is 0. The predicted molar refractivity (Wildman–Crippen MR) is 102 cm³/mol. The van der Waals surface area contributed by atoms with Crippen LogP contribution in [0.1, 0.15) is 20.8 Å². The van der Waals surface area contributed by atoms with E-state index >= 15 is 0 Å². The lowest BCUT2D eigenvalue weighted by Gasteiger charge is -2.34. The zero-order chi connectivity index (χ0) is 15.9. The Morgan fingerprint density at radius 2 is 1.52 bits per heavy atom. The molecule has 4 heteroatoms. The van der Waals surface area contributed by atoms with E-state index in [1.54, 1.807) is 11.8 Å². The maximum absolute atomic E-state index is 6.71. The van der Waals surface area contributed by atoms with Gasteiger partial charge >= 0.3 is 0 Å². The first-order chi connectivity index (χ1) is 9.87. The molecule has 0 saturated carbocycles. The minimum atomic E-state index is -1.58. The smallest absolute Gasteiger partial charge is 0.249 e. The highest BCUT2D eigenvalue weighted by Crippen LogP contribution is 2.31. The first-order valence-corrected chi connectivity index (χ1v) is 14.9. The van der Waals surface area contributed by atoms with Crippen LogP contribution in [0.25, 0.3) is 0 Å². The molecular weight excluding hydrogens is 308 g/mol. The van der Waals surface area contributed by atoms with Crippen molar-refractivity contribution in [2.24, 2.45) is 0 Å². The second-order valence-corrected chi connectivity index (χ2v) is 17.1. The largest absolute Gasteiger partial charge is 0.550 e. The summed E-state index contributed by atoms with van der Waals surface area (Å²) >= 11 is 1.80. The quantitative estimate of drug-likeness (QED) is 0.303. The van der Waals surface area contributed by atoms with Gasteiger partial charge in [0.05, 0.1) is 5.38 Å². The van der Waals surface area contributed by atoms with Gasteiger partial charge in [0.15, 0.2) is 0 Å². The second-order valence-electron chi connectivity index (χ2n) is 6.51. The number of hydrogen-bond acceptors (Lipinski definition) is 2. The molecule has 0 fully saturated rings. The Balaban J connectivity index is 2.96. The molecule has 1 aromatic carbocycles. The number of benzene rings is 1. The van der Waals surface area contributed by atoms with E-state index in [-0.39, 0.29) is 0 Å². The lowest BCUT2D eigenvalue weighted by Crippen LogP contribution is -2.40. The topological polar surface area (TPSA) is 9.23 Å². The van der Waals surface area contributed by atoms with E-state index < -0.39 is 16.4 Å². The van der Waals surface area contributed by atoms with Gasteiger partial charge < -0.3 is 4.43 Å². The SMILES string of the molecule is CC[Si](CC)(CC)O/C(=C/Sc1ccccc1)[Si](C)(C)C. The summed E-state index contributed by atoms with van der Waals surface area (Å²) < 4.78 is 6.71. The van der Waals surface area contributed by atoms with Gasteiger partial charge in [-0.25, -0.2) is 0 Å². The van der Waals surface area contributed by atoms with E-state index in [9.17, 15) is 0 Å². The molecule has 0 atom stereocenters. The lowest BCUT2D eigenvalue weighted by molar-refractivity contribution is 0.434. The van der Waals surface area contributed by atoms with Crippen LogP contribution in [0, 0.1) is 0 Å². The van der Waals surface area contributed by atoms with Gasteiger partial charge in [-0.15, -0.1) is 0 Å². The van der Waals surface area contributed by atoms with Crippen molar-refractivity contribution in [3.63, 3.8) is 0 Å². The van der Waals surface area contributed by atoms with Crippen LogP contribution in [0.3, 0.4) is 0 Å². The number of hydrogen-bond donors (Lipinski definition) is 0. The third-order valence-corrected chi connectivity index (χ3v) is 11.6. The monoisotopic (exact) mass is 338 g/mol. The van der Waals surface area contributed by atoms with E-state index in [4.69, 9.17) is 4.43 Å². The first-order valence-electron chi connectivity index (χ1n) is 7.98. The Hall–Kier alpha value is -0.456. The molecule has 1 rings (SSSR count). The Bertz CT molecular complexity index is 439. The first kappa shape index (κ1) is 18.6. The van der Waals surface area contributed by atoms with Crippen molar-refractivity contribution in [1.82, 2.24) is 0 Å². The molecule has 21 heavy (non-hydrogen) atoms. The summed E-state index contributed by atoms with van der Waals surface area (Å²) in [5, 5.41) is 3.57. The Morgan fingerprint density at radius 3 is 1.95 bits per heavy atom. The highest BCUT2D eigenvalue weighted by Gasteiger charge is 2.34. The van der Waals surface area contributed by atoms with E-state index in [0.717, 1.165) is 0 Å². The van der Waals surface area contributed by atoms with Crippen molar-refractivity contribution in [3.05, 3.63) is 41.1 Å². The minimum absolute atomic E-state index is 1.21. The fourth-order valence-electron chi connectivity index (χ4n) is 2.17. The van der Waals surface area contributed by atoms with E-state index in [2.05, 4.69) is 76.2 Å². The molecule has 0 unspecified atom stereocenters. The van der Waals surface area contributed by atoms with Gasteiger partial charge in [-0.2, -0.15) is 0 Å². The molecule has 118 valence electrons. The molecule has 0 amide bonds.